The number of hydrogen-bond acceptors (Lipinski definition) is 6. The third kappa shape index (κ3) is 3.22. The summed E-state index contributed by atoms with van der Waals surface area (Å²) < 4.78 is 11.2. The van der Waals surface area contributed by atoms with Crippen LogP contribution in [-0.2, 0) is 19.1 Å². The molecule has 5 atom stereocenters. The van der Waals surface area contributed by atoms with Gasteiger partial charge >= 0.3 is 11.9 Å². The van der Waals surface area contributed by atoms with Crippen molar-refractivity contribution in [1.29, 1.82) is 0 Å². The minimum atomic E-state index is -1.57. The molecule has 3 aliphatic heterocycles. The van der Waals surface area contributed by atoms with Crippen LogP contribution in [0, 0.1) is 11.8 Å². The Morgan fingerprint density at radius 3 is 2.75 bits per heavy atom. The lowest BCUT2D eigenvalue weighted by molar-refractivity contribution is -0.171. The molecule has 6 heteroatoms. The number of cyclic esters (lactones) is 1. The first kappa shape index (κ1) is 17.4. The molecule has 24 heavy (non-hydrogen) atoms. The largest absolute Gasteiger partial charge is 0.463 e. The van der Waals surface area contributed by atoms with E-state index in [0.29, 0.717) is 6.42 Å². The van der Waals surface area contributed by atoms with Gasteiger partial charge in [-0.3, -0.25) is 4.90 Å². The van der Waals surface area contributed by atoms with Crippen LogP contribution in [0.15, 0.2) is 11.6 Å². The van der Waals surface area contributed by atoms with E-state index in [1.54, 1.807) is 6.92 Å². The van der Waals surface area contributed by atoms with Crippen molar-refractivity contribution in [2.45, 2.75) is 57.8 Å². The first-order valence-electron chi connectivity index (χ1n) is 8.80. The molecule has 2 fully saturated rings. The van der Waals surface area contributed by atoms with Gasteiger partial charge in [-0.2, -0.15) is 0 Å². The summed E-state index contributed by atoms with van der Waals surface area (Å²) in [4.78, 5) is 26.9. The third-order valence-corrected chi connectivity index (χ3v) is 5.83. The molecule has 0 aromatic rings. The molecular weight excluding hydrogens is 310 g/mol. The van der Waals surface area contributed by atoms with Crippen molar-refractivity contribution in [2.75, 3.05) is 19.7 Å². The average Bonchev–Trinajstić information content (AvgIpc) is 3.06. The van der Waals surface area contributed by atoms with Crippen molar-refractivity contribution < 1.29 is 24.2 Å². The van der Waals surface area contributed by atoms with Crippen LogP contribution >= 0.6 is 0 Å². The summed E-state index contributed by atoms with van der Waals surface area (Å²) in [7, 11) is 0. The van der Waals surface area contributed by atoms with Crippen LogP contribution < -0.4 is 0 Å². The lowest BCUT2D eigenvalue weighted by atomic mass is 9.85. The predicted molar refractivity (Wildman–Crippen MR) is 87.1 cm³/mol. The van der Waals surface area contributed by atoms with Gasteiger partial charge in [-0.25, -0.2) is 9.59 Å². The molecule has 0 saturated carbocycles. The molecule has 0 amide bonds. The molecule has 0 aromatic heterocycles. The Labute approximate surface area is 142 Å². The van der Waals surface area contributed by atoms with E-state index in [4.69, 9.17) is 9.47 Å². The van der Waals surface area contributed by atoms with Crippen LogP contribution in [0.3, 0.4) is 0 Å². The summed E-state index contributed by atoms with van der Waals surface area (Å²) in [5, 5.41) is 10.6. The fraction of sp³-hybridized carbons (Fsp3) is 0.778. The van der Waals surface area contributed by atoms with Gasteiger partial charge in [0.2, 0.25) is 0 Å². The van der Waals surface area contributed by atoms with Gasteiger partial charge in [0.05, 0.1) is 12.6 Å². The second-order valence-electron chi connectivity index (χ2n) is 7.68. The summed E-state index contributed by atoms with van der Waals surface area (Å²) in [5.74, 6) is -1.12. The number of nitrogens with zero attached hydrogens (tertiary/aromatic N) is 1. The van der Waals surface area contributed by atoms with E-state index in [1.807, 2.05) is 6.92 Å². The van der Waals surface area contributed by atoms with Crippen molar-refractivity contribution in [2.24, 2.45) is 11.8 Å². The standard InChI is InChI=1S/C18H27NO5/c1-11-8-12(2)18(3,22)17(21)23-10-13-4-6-19-7-5-14(16(13)19)24-15(20)9-11/h9,12-14,16,22H,4-8,10H2,1-3H3/b11-9+/t12-,13+,14+,16+,18+/m1/s1. The van der Waals surface area contributed by atoms with Crippen LogP contribution in [0.4, 0.5) is 0 Å². The van der Waals surface area contributed by atoms with E-state index in [1.165, 1.54) is 13.0 Å². The molecule has 1 N–H and O–H groups in total. The molecule has 3 heterocycles. The zero-order chi connectivity index (χ0) is 17.5. The number of carbonyl (C=O) groups is 2. The fourth-order valence-corrected chi connectivity index (χ4v) is 4.18. The van der Waals surface area contributed by atoms with Crippen molar-refractivity contribution in [3.8, 4) is 0 Å². The van der Waals surface area contributed by atoms with E-state index in [2.05, 4.69) is 4.90 Å². The van der Waals surface area contributed by atoms with Crippen LogP contribution in [0.25, 0.3) is 0 Å². The van der Waals surface area contributed by atoms with E-state index in [-0.39, 0.29) is 36.6 Å². The van der Waals surface area contributed by atoms with E-state index in [0.717, 1.165) is 31.5 Å². The molecule has 6 nitrogen and oxygen atoms in total. The molecule has 0 unspecified atom stereocenters. The Kier molecular flexibility index (Phi) is 4.71. The molecule has 3 rings (SSSR count). The number of ether oxygens (including phenoxy) is 2. The lowest BCUT2D eigenvalue weighted by Crippen LogP contribution is -2.44. The van der Waals surface area contributed by atoms with Crippen LogP contribution in [0.5, 0.6) is 0 Å². The van der Waals surface area contributed by atoms with Gasteiger partial charge in [0.1, 0.15) is 6.10 Å². The maximum absolute atomic E-state index is 12.4. The highest BCUT2D eigenvalue weighted by atomic mass is 16.6. The third-order valence-electron chi connectivity index (χ3n) is 5.83. The van der Waals surface area contributed by atoms with Crippen molar-refractivity contribution in [3.05, 3.63) is 11.6 Å². The zero-order valence-corrected chi connectivity index (χ0v) is 14.7. The summed E-state index contributed by atoms with van der Waals surface area (Å²) in [6.45, 7) is 7.20. The van der Waals surface area contributed by atoms with Crippen molar-refractivity contribution >= 4 is 11.9 Å². The fourth-order valence-electron chi connectivity index (χ4n) is 4.18. The normalized spacial score (nSPS) is 43.6. The van der Waals surface area contributed by atoms with Crippen LogP contribution in [0.1, 0.15) is 40.0 Å². The molecule has 0 bridgehead atoms. The summed E-state index contributed by atoms with van der Waals surface area (Å²) in [6.07, 6.45) is 3.51. The maximum Gasteiger partial charge on any atom is 0.338 e. The van der Waals surface area contributed by atoms with Crippen LogP contribution in [-0.4, -0.2) is 59.4 Å². The van der Waals surface area contributed by atoms with Gasteiger partial charge in [0.25, 0.3) is 0 Å². The minimum absolute atomic E-state index is 0.110. The lowest BCUT2D eigenvalue weighted by Gasteiger charge is -2.29. The Morgan fingerprint density at radius 1 is 1.29 bits per heavy atom. The first-order valence-corrected chi connectivity index (χ1v) is 8.80. The van der Waals surface area contributed by atoms with Crippen molar-refractivity contribution in [1.82, 2.24) is 4.90 Å². The first-order chi connectivity index (χ1) is 11.3. The molecule has 3 aliphatic rings. The molecule has 0 radical (unpaired) electrons. The van der Waals surface area contributed by atoms with Crippen molar-refractivity contribution in [3.63, 3.8) is 0 Å². The number of allylic oxidation sites excluding steroid dienone is 1. The second kappa shape index (κ2) is 6.48. The van der Waals surface area contributed by atoms with E-state index >= 15 is 0 Å². The smallest absolute Gasteiger partial charge is 0.338 e. The van der Waals surface area contributed by atoms with E-state index in [9.17, 15) is 14.7 Å². The summed E-state index contributed by atoms with van der Waals surface area (Å²) >= 11 is 0. The molecule has 134 valence electrons. The average molecular weight is 337 g/mol. The topological polar surface area (TPSA) is 76.1 Å². The number of rotatable bonds is 0. The highest BCUT2D eigenvalue weighted by molar-refractivity contribution is 5.83. The second-order valence-corrected chi connectivity index (χ2v) is 7.68. The van der Waals surface area contributed by atoms with Gasteiger partial charge in [-0.1, -0.05) is 12.5 Å². The predicted octanol–water partition coefficient (Wildman–Crippen LogP) is 1.27. The quantitative estimate of drug-likeness (QED) is 0.671. The number of esters is 2. The summed E-state index contributed by atoms with van der Waals surface area (Å²) in [6, 6.07) is 0.110. The number of carbonyl (C=O) groups excluding carboxylic acids is 2. The SMILES string of the molecule is C/C1=C\C(=O)O[C@H]2CCN3CC[C@@H](COC(=O)[C@@](C)(O)[C@H](C)C1)[C@@H]23. The van der Waals surface area contributed by atoms with Crippen LogP contribution in [0.2, 0.25) is 0 Å². The highest BCUT2D eigenvalue weighted by Gasteiger charge is 2.47. The van der Waals surface area contributed by atoms with Gasteiger partial charge in [0.15, 0.2) is 5.60 Å². The van der Waals surface area contributed by atoms with Gasteiger partial charge in [0, 0.05) is 18.5 Å². The molecule has 0 aliphatic carbocycles. The monoisotopic (exact) mass is 337 g/mol. The minimum Gasteiger partial charge on any atom is -0.463 e. The Bertz CT molecular complexity index is 556. The highest BCUT2D eigenvalue weighted by Crippen LogP contribution is 2.36. The number of aliphatic hydroxyl groups is 1. The van der Waals surface area contributed by atoms with Gasteiger partial charge in [-0.15, -0.1) is 0 Å². The molecule has 0 spiro atoms. The summed E-state index contributed by atoms with van der Waals surface area (Å²) in [5.41, 5.74) is -0.780. The maximum atomic E-state index is 12.4. The molecular formula is C18H27NO5. The number of hydrogen-bond donors (Lipinski definition) is 1. The molecule has 0 aromatic carbocycles. The van der Waals surface area contributed by atoms with Gasteiger partial charge in [-0.05, 0) is 45.6 Å². The Morgan fingerprint density at radius 2 is 2.00 bits per heavy atom. The van der Waals surface area contributed by atoms with Gasteiger partial charge < -0.3 is 14.6 Å². The van der Waals surface area contributed by atoms with E-state index < -0.39 is 11.6 Å². The molecule has 2 saturated heterocycles. The Balaban J connectivity index is 1.86. The Hall–Kier alpha value is -1.40. The zero-order valence-electron chi connectivity index (χ0n) is 14.7.